The van der Waals surface area contributed by atoms with Gasteiger partial charge in [-0.3, -0.25) is 0 Å². The molecule has 1 atom stereocenters. The average Bonchev–Trinajstić information content (AvgIpc) is 2.63. The van der Waals surface area contributed by atoms with Crippen molar-refractivity contribution in [3.63, 3.8) is 0 Å². The van der Waals surface area contributed by atoms with Crippen molar-refractivity contribution in [2.75, 3.05) is 6.61 Å². The van der Waals surface area contributed by atoms with Crippen LogP contribution in [0.15, 0.2) is 5.16 Å². The molecule has 0 saturated carbocycles. The van der Waals surface area contributed by atoms with Gasteiger partial charge in [-0.1, -0.05) is 25.9 Å². The standard InChI is InChI=1S/C11H19NO3/c1-5-11(10(13)14-6-2)7-9(8(3)4)12-15-11/h8H,5-7H2,1-4H3. The molecule has 1 aliphatic heterocycles. The fourth-order valence-corrected chi connectivity index (χ4v) is 1.52. The van der Waals surface area contributed by atoms with E-state index in [9.17, 15) is 4.79 Å². The lowest BCUT2D eigenvalue weighted by Crippen LogP contribution is -2.40. The second-order valence-corrected chi connectivity index (χ2v) is 4.07. The maximum absolute atomic E-state index is 11.7. The second kappa shape index (κ2) is 4.64. The summed E-state index contributed by atoms with van der Waals surface area (Å²) >= 11 is 0. The molecule has 0 aromatic carbocycles. The Morgan fingerprint density at radius 3 is 2.67 bits per heavy atom. The largest absolute Gasteiger partial charge is 0.463 e. The molecule has 0 fully saturated rings. The van der Waals surface area contributed by atoms with Gasteiger partial charge in [-0.2, -0.15) is 0 Å². The first-order valence-corrected chi connectivity index (χ1v) is 5.48. The van der Waals surface area contributed by atoms with Gasteiger partial charge in [0.15, 0.2) is 0 Å². The molecule has 0 aromatic heterocycles. The van der Waals surface area contributed by atoms with E-state index in [1.54, 1.807) is 6.92 Å². The van der Waals surface area contributed by atoms with E-state index in [0.29, 0.717) is 25.4 Å². The number of oxime groups is 1. The Kier molecular flexibility index (Phi) is 3.72. The topological polar surface area (TPSA) is 47.9 Å². The van der Waals surface area contributed by atoms with Crippen LogP contribution in [0.4, 0.5) is 0 Å². The van der Waals surface area contributed by atoms with Gasteiger partial charge in [-0.05, 0) is 19.3 Å². The SMILES string of the molecule is CCOC(=O)C1(CC)CC(C(C)C)=NO1. The first kappa shape index (κ1) is 12.0. The van der Waals surface area contributed by atoms with Crippen LogP contribution in [0.2, 0.25) is 0 Å². The van der Waals surface area contributed by atoms with Crippen molar-refractivity contribution >= 4 is 11.7 Å². The molecule has 0 N–H and O–H groups in total. The first-order valence-electron chi connectivity index (χ1n) is 5.48. The van der Waals surface area contributed by atoms with Crippen LogP contribution < -0.4 is 0 Å². The van der Waals surface area contributed by atoms with E-state index >= 15 is 0 Å². The quantitative estimate of drug-likeness (QED) is 0.672. The number of nitrogens with zero attached hydrogens (tertiary/aromatic N) is 1. The van der Waals surface area contributed by atoms with E-state index in [2.05, 4.69) is 5.16 Å². The predicted molar refractivity (Wildman–Crippen MR) is 57.6 cm³/mol. The number of rotatable bonds is 4. The number of carbonyl (C=O) groups excluding carboxylic acids is 1. The summed E-state index contributed by atoms with van der Waals surface area (Å²) in [6, 6.07) is 0. The van der Waals surface area contributed by atoms with E-state index in [4.69, 9.17) is 9.57 Å². The Labute approximate surface area is 90.6 Å². The van der Waals surface area contributed by atoms with Gasteiger partial charge < -0.3 is 9.57 Å². The summed E-state index contributed by atoms with van der Waals surface area (Å²) in [5.74, 6) is 0.0137. The zero-order valence-corrected chi connectivity index (χ0v) is 9.87. The minimum atomic E-state index is -0.865. The van der Waals surface area contributed by atoms with Crippen molar-refractivity contribution in [1.82, 2.24) is 0 Å². The molecule has 1 aliphatic rings. The predicted octanol–water partition coefficient (Wildman–Crippen LogP) is 2.13. The fraction of sp³-hybridized carbons (Fsp3) is 0.818. The molecule has 0 bridgehead atoms. The summed E-state index contributed by atoms with van der Waals surface area (Å²) in [6.45, 7) is 8.16. The molecular weight excluding hydrogens is 194 g/mol. The Hall–Kier alpha value is -1.06. The van der Waals surface area contributed by atoms with Gasteiger partial charge in [0, 0.05) is 6.42 Å². The highest BCUT2D eigenvalue weighted by molar-refractivity contribution is 5.94. The van der Waals surface area contributed by atoms with Crippen LogP contribution in [0.1, 0.15) is 40.5 Å². The van der Waals surface area contributed by atoms with Gasteiger partial charge in [0.2, 0.25) is 5.60 Å². The molecule has 4 heteroatoms. The van der Waals surface area contributed by atoms with Gasteiger partial charge in [0.05, 0.1) is 12.3 Å². The van der Waals surface area contributed by atoms with Crippen LogP contribution >= 0.6 is 0 Å². The molecular formula is C11H19NO3. The highest BCUT2D eigenvalue weighted by atomic mass is 16.7. The average molecular weight is 213 g/mol. The number of carbonyl (C=O) groups is 1. The minimum absolute atomic E-state index is 0.299. The maximum Gasteiger partial charge on any atom is 0.353 e. The summed E-state index contributed by atoms with van der Waals surface area (Å²) < 4.78 is 5.01. The molecule has 4 nitrogen and oxygen atoms in total. The van der Waals surface area contributed by atoms with Crippen LogP contribution in [-0.2, 0) is 14.4 Å². The number of ether oxygens (including phenoxy) is 1. The van der Waals surface area contributed by atoms with E-state index in [0.717, 1.165) is 5.71 Å². The molecule has 0 spiro atoms. The summed E-state index contributed by atoms with van der Waals surface area (Å²) in [5, 5.41) is 3.98. The highest BCUT2D eigenvalue weighted by Gasteiger charge is 2.46. The number of hydrogen-bond acceptors (Lipinski definition) is 4. The number of hydrogen-bond donors (Lipinski definition) is 0. The van der Waals surface area contributed by atoms with Crippen molar-refractivity contribution in [1.29, 1.82) is 0 Å². The third-order valence-electron chi connectivity index (χ3n) is 2.69. The second-order valence-electron chi connectivity index (χ2n) is 4.07. The van der Waals surface area contributed by atoms with Gasteiger partial charge in [0.1, 0.15) is 0 Å². The van der Waals surface area contributed by atoms with Crippen LogP contribution in [0, 0.1) is 5.92 Å². The Bertz CT molecular complexity index is 273. The van der Waals surface area contributed by atoms with Gasteiger partial charge in [-0.25, -0.2) is 4.79 Å². The summed E-state index contributed by atoms with van der Waals surface area (Å²) in [4.78, 5) is 17.0. The van der Waals surface area contributed by atoms with E-state index < -0.39 is 5.60 Å². The van der Waals surface area contributed by atoms with Crippen molar-refractivity contribution in [3.05, 3.63) is 0 Å². The summed E-state index contributed by atoms with van der Waals surface area (Å²) in [5.41, 5.74) is 0.0696. The van der Waals surface area contributed by atoms with Crippen LogP contribution in [0.5, 0.6) is 0 Å². The molecule has 0 aromatic rings. The fourth-order valence-electron chi connectivity index (χ4n) is 1.52. The smallest absolute Gasteiger partial charge is 0.353 e. The third-order valence-corrected chi connectivity index (χ3v) is 2.69. The molecule has 86 valence electrons. The molecule has 0 aliphatic carbocycles. The minimum Gasteiger partial charge on any atom is -0.463 e. The van der Waals surface area contributed by atoms with Crippen molar-refractivity contribution in [2.45, 2.75) is 46.1 Å². The Balaban J connectivity index is 2.72. The van der Waals surface area contributed by atoms with E-state index in [-0.39, 0.29) is 5.97 Å². The van der Waals surface area contributed by atoms with E-state index in [1.807, 2.05) is 20.8 Å². The van der Waals surface area contributed by atoms with Gasteiger partial charge in [0.25, 0.3) is 0 Å². The monoisotopic (exact) mass is 213 g/mol. The lowest BCUT2D eigenvalue weighted by Gasteiger charge is -2.22. The maximum atomic E-state index is 11.7. The van der Waals surface area contributed by atoms with Gasteiger partial charge in [-0.15, -0.1) is 0 Å². The summed E-state index contributed by atoms with van der Waals surface area (Å²) in [7, 11) is 0. The van der Waals surface area contributed by atoms with E-state index in [1.165, 1.54) is 0 Å². The Morgan fingerprint density at radius 2 is 2.27 bits per heavy atom. The van der Waals surface area contributed by atoms with Gasteiger partial charge >= 0.3 is 5.97 Å². The lowest BCUT2D eigenvalue weighted by molar-refractivity contribution is -0.169. The van der Waals surface area contributed by atoms with Crippen LogP contribution in [0.25, 0.3) is 0 Å². The van der Waals surface area contributed by atoms with Crippen molar-refractivity contribution in [3.8, 4) is 0 Å². The van der Waals surface area contributed by atoms with Crippen molar-refractivity contribution in [2.24, 2.45) is 11.1 Å². The molecule has 1 unspecified atom stereocenters. The molecule has 0 radical (unpaired) electrons. The number of esters is 1. The normalized spacial score (nSPS) is 25.0. The molecule has 0 saturated heterocycles. The van der Waals surface area contributed by atoms with Crippen LogP contribution in [-0.4, -0.2) is 23.9 Å². The molecule has 1 heterocycles. The zero-order valence-electron chi connectivity index (χ0n) is 9.87. The van der Waals surface area contributed by atoms with Crippen molar-refractivity contribution < 1.29 is 14.4 Å². The third kappa shape index (κ3) is 2.30. The molecule has 1 rings (SSSR count). The van der Waals surface area contributed by atoms with Crippen LogP contribution in [0.3, 0.4) is 0 Å². The molecule has 15 heavy (non-hydrogen) atoms. The molecule has 0 amide bonds. The first-order chi connectivity index (χ1) is 7.05. The lowest BCUT2D eigenvalue weighted by atomic mass is 9.90. The summed E-state index contributed by atoms with van der Waals surface area (Å²) in [6.07, 6.45) is 1.14. The Morgan fingerprint density at radius 1 is 1.60 bits per heavy atom. The zero-order chi connectivity index (χ0) is 11.5. The highest BCUT2D eigenvalue weighted by Crippen LogP contribution is 2.31.